The van der Waals surface area contributed by atoms with E-state index in [4.69, 9.17) is 21.4 Å². The van der Waals surface area contributed by atoms with Gasteiger partial charge in [-0.2, -0.15) is 5.10 Å². The van der Waals surface area contributed by atoms with E-state index in [0.29, 0.717) is 27.5 Å². The van der Waals surface area contributed by atoms with Crippen LogP contribution in [0.25, 0.3) is 10.9 Å². The second kappa shape index (κ2) is 11.2. The number of carboxylic acid groups (broad SMARTS) is 1. The quantitative estimate of drug-likeness (QED) is 0.250. The summed E-state index contributed by atoms with van der Waals surface area (Å²) in [4.78, 5) is 22.5. The van der Waals surface area contributed by atoms with Crippen molar-refractivity contribution >= 4 is 61.6 Å². The van der Waals surface area contributed by atoms with Crippen LogP contribution in [-0.4, -0.2) is 42.3 Å². The Morgan fingerprint density at radius 1 is 1.11 bits per heavy atom. The van der Waals surface area contributed by atoms with Gasteiger partial charge in [0.1, 0.15) is 9.96 Å². The number of carbonyl (C=O) groups is 2. The Hall–Kier alpha value is -3.61. The smallest absolute Gasteiger partial charge is 0.303 e. The van der Waals surface area contributed by atoms with Crippen molar-refractivity contribution in [3.05, 3.63) is 70.1 Å². The number of rotatable bonds is 11. The SMILES string of the molecule is COc1cccc2c1c(NS(=O)(=O)c1ccc(Cl)s1)nn2Cc1cccc(CNC(=O)CCC(=O)O)c1. The van der Waals surface area contributed by atoms with E-state index in [-0.39, 0.29) is 35.3 Å². The summed E-state index contributed by atoms with van der Waals surface area (Å²) in [6.07, 6.45) is -0.320. The lowest BCUT2D eigenvalue weighted by molar-refractivity contribution is -0.138. The number of aromatic nitrogens is 2. The molecule has 0 aliphatic rings. The van der Waals surface area contributed by atoms with Crippen molar-refractivity contribution in [3.63, 3.8) is 0 Å². The first-order chi connectivity index (χ1) is 17.7. The number of thiophene rings is 1. The molecule has 2 aromatic carbocycles. The highest BCUT2D eigenvalue weighted by Gasteiger charge is 2.23. The molecule has 10 nitrogen and oxygen atoms in total. The maximum absolute atomic E-state index is 13.0. The number of ether oxygens (including phenoxy) is 1. The molecule has 2 aromatic heterocycles. The Kier molecular flexibility index (Phi) is 8.00. The largest absolute Gasteiger partial charge is 0.496 e. The fourth-order valence-electron chi connectivity index (χ4n) is 3.70. The van der Waals surface area contributed by atoms with E-state index < -0.39 is 16.0 Å². The maximum atomic E-state index is 13.0. The number of carboxylic acids is 1. The van der Waals surface area contributed by atoms with Gasteiger partial charge in [-0.1, -0.05) is 41.9 Å². The Bertz CT molecular complexity index is 1560. The molecule has 37 heavy (non-hydrogen) atoms. The van der Waals surface area contributed by atoms with Gasteiger partial charge in [0.15, 0.2) is 5.82 Å². The van der Waals surface area contributed by atoms with Gasteiger partial charge in [0, 0.05) is 13.0 Å². The van der Waals surface area contributed by atoms with Crippen molar-refractivity contribution < 1.29 is 27.9 Å². The number of nitrogens with one attached hydrogen (secondary N) is 2. The molecule has 1 amide bonds. The van der Waals surface area contributed by atoms with Gasteiger partial charge < -0.3 is 15.2 Å². The van der Waals surface area contributed by atoms with E-state index in [9.17, 15) is 18.0 Å². The van der Waals surface area contributed by atoms with Crippen LogP contribution < -0.4 is 14.8 Å². The van der Waals surface area contributed by atoms with Crippen LogP contribution >= 0.6 is 22.9 Å². The van der Waals surface area contributed by atoms with Crippen LogP contribution in [0.15, 0.2) is 58.8 Å². The van der Waals surface area contributed by atoms with Gasteiger partial charge in [0.05, 0.1) is 35.3 Å². The molecule has 4 aromatic rings. The van der Waals surface area contributed by atoms with Crippen molar-refractivity contribution in [1.82, 2.24) is 15.1 Å². The molecule has 0 saturated carbocycles. The van der Waals surface area contributed by atoms with E-state index in [1.165, 1.54) is 19.2 Å². The normalized spacial score (nSPS) is 11.4. The topological polar surface area (TPSA) is 140 Å². The highest BCUT2D eigenvalue weighted by Crippen LogP contribution is 2.35. The molecule has 4 rings (SSSR count). The number of halogens is 1. The highest BCUT2D eigenvalue weighted by molar-refractivity contribution is 7.94. The van der Waals surface area contributed by atoms with Gasteiger partial charge in [-0.05, 0) is 35.4 Å². The van der Waals surface area contributed by atoms with Crippen LogP contribution in [0.2, 0.25) is 4.34 Å². The molecular weight excluding hydrogens is 540 g/mol. The molecule has 0 aliphatic carbocycles. The van der Waals surface area contributed by atoms with Crippen molar-refractivity contribution in [2.45, 2.75) is 30.1 Å². The number of aliphatic carboxylic acids is 1. The lowest BCUT2D eigenvalue weighted by Crippen LogP contribution is -2.23. The molecule has 0 unspecified atom stereocenters. The maximum Gasteiger partial charge on any atom is 0.303 e. The lowest BCUT2D eigenvalue weighted by atomic mass is 10.1. The molecular formula is C24H23ClN4O6S2. The molecule has 3 N–H and O–H groups in total. The number of fused-ring (bicyclic) bond motifs is 1. The molecule has 13 heteroatoms. The monoisotopic (exact) mass is 562 g/mol. The fraction of sp³-hybridized carbons (Fsp3) is 0.208. The summed E-state index contributed by atoms with van der Waals surface area (Å²) >= 11 is 6.87. The Morgan fingerprint density at radius 3 is 2.57 bits per heavy atom. The standard InChI is InChI=1S/C24H23ClN4O6S2/c1-35-18-7-3-6-17-23(18)24(28-37(33,34)22-11-8-19(25)36-22)27-29(17)14-16-5-2-4-15(12-16)13-26-20(30)9-10-21(31)32/h2-8,11-12H,9-10,13-14H2,1H3,(H,26,30)(H,27,28)(H,31,32). The Labute approximate surface area is 221 Å². The Morgan fingerprint density at radius 2 is 1.86 bits per heavy atom. The first-order valence-corrected chi connectivity index (χ1v) is 13.7. The summed E-state index contributed by atoms with van der Waals surface area (Å²) in [5.41, 5.74) is 2.35. The number of methoxy groups -OCH3 is 1. The van der Waals surface area contributed by atoms with Crippen molar-refractivity contribution in [1.29, 1.82) is 0 Å². The molecule has 2 heterocycles. The number of amides is 1. The number of anilines is 1. The van der Waals surface area contributed by atoms with Crippen molar-refractivity contribution in [2.24, 2.45) is 0 Å². The van der Waals surface area contributed by atoms with Gasteiger partial charge in [-0.25, -0.2) is 8.42 Å². The van der Waals surface area contributed by atoms with Crippen molar-refractivity contribution in [2.75, 3.05) is 11.8 Å². The minimum absolute atomic E-state index is 0.0631. The predicted octanol–water partition coefficient (Wildman–Crippen LogP) is 4.09. The van der Waals surface area contributed by atoms with E-state index in [1.807, 2.05) is 30.3 Å². The molecule has 0 atom stereocenters. The summed E-state index contributed by atoms with van der Waals surface area (Å²) in [6, 6.07) is 15.7. The van der Waals surface area contributed by atoms with Gasteiger partial charge in [0.25, 0.3) is 10.0 Å². The van der Waals surface area contributed by atoms with E-state index in [2.05, 4.69) is 15.1 Å². The first kappa shape index (κ1) is 26.5. The van der Waals surface area contributed by atoms with Crippen LogP contribution in [0.4, 0.5) is 5.82 Å². The third-order valence-electron chi connectivity index (χ3n) is 5.38. The Balaban J connectivity index is 1.60. The minimum atomic E-state index is -3.93. The first-order valence-electron chi connectivity index (χ1n) is 11.0. The summed E-state index contributed by atoms with van der Waals surface area (Å²) in [5, 5.41) is 16.5. The second-order valence-corrected chi connectivity index (χ2v) is 11.6. The highest BCUT2D eigenvalue weighted by atomic mass is 35.5. The zero-order valence-electron chi connectivity index (χ0n) is 19.6. The molecule has 0 aliphatic heterocycles. The van der Waals surface area contributed by atoms with Gasteiger partial charge in [0.2, 0.25) is 5.91 Å². The zero-order chi connectivity index (χ0) is 26.6. The predicted molar refractivity (Wildman–Crippen MR) is 141 cm³/mol. The van der Waals surface area contributed by atoms with E-state index in [1.54, 1.807) is 16.8 Å². The number of carbonyl (C=O) groups excluding carboxylic acids is 1. The third kappa shape index (κ3) is 6.40. The molecule has 0 radical (unpaired) electrons. The van der Waals surface area contributed by atoms with Crippen molar-refractivity contribution in [3.8, 4) is 5.75 Å². The zero-order valence-corrected chi connectivity index (χ0v) is 22.0. The third-order valence-corrected chi connectivity index (χ3v) is 8.45. The number of nitrogens with zero attached hydrogens (tertiary/aromatic N) is 2. The molecule has 0 spiro atoms. The van der Waals surface area contributed by atoms with Crippen LogP contribution in [0.1, 0.15) is 24.0 Å². The second-order valence-electron chi connectivity index (χ2n) is 8.02. The summed E-state index contributed by atoms with van der Waals surface area (Å²) < 4.78 is 36.1. The average Bonchev–Trinajstić information content (AvgIpc) is 3.45. The van der Waals surface area contributed by atoms with Gasteiger partial charge in [-0.3, -0.25) is 19.0 Å². The summed E-state index contributed by atoms with van der Waals surface area (Å²) in [7, 11) is -2.43. The number of hydrogen-bond donors (Lipinski definition) is 3. The van der Waals surface area contributed by atoms with Crippen LogP contribution in [0.5, 0.6) is 5.75 Å². The molecule has 0 saturated heterocycles. The van der Waals surface area contributed by atoms with Crippen LogP contribution in [-0.2, 0) is 32.7 Å². The fourth-order valence-corrected chi connectivity index (χ4v) is 6.19. The number of sulfonamides is 1. The van der Waals surface area contributed by atoms with E-state index in [0.717, 1.165) is 22.5 Å². The minimum Gasteiger partial charge on any atom is -0.496 e. The van der Waals surface area contributed by atoms with Gasteiger partial charge in [-0.15, -0.1) is 11.3 Å². The van der Waals surface area contributed by atoms with Gasteiger partial charge >= 0.3 is 5.97 Å². The number of hydrogen-bond acceptors (Lipinski definition) is 7. The van der Waals surface area contributed by atoms with E-state index >= 15 is 0 Å². The average molecular weight is 563 g/mol. The summed E-state index contributed by atoms with van der Waals surface area (Å²) in [6.45, 7) is 0.561. The number of benzene rings is 2. The molecule has 0 fully saturated rings. The molecule has 0 bridgehead atoms. The van der Waals surface area contributed by atoms with Crippen LogP contribution in [0, 0.1) is 0 Å². The lowest BCUT2D eigenvalue weighted by Gasteiger charge is -2.08. The summed E-state index contributed by atoms with van der Waals surface area (Å²) in [5.74, 6) is -0.787. The van der Waals surface area contributed by atoms with Crippen LogP contribution in [0.3, 0.4) is 0 Å². The molecule has 194 valence electrons.